The Morgan fingerprint density at radius 3 is 2.17 bits per heavy atom. The summed E-state index contributed by atoms with van der Waals surface area (Å²) in [6.07, 6.45) is 2.37. The number of nitrogens with one attached hydrogen (secondary N) is 1. The third kappa shape index (κ3) is 4.68. The highest BCUT2D eigenvalue weighted by molar-refractivity contribution is 7.90. The van der Waals surface area contributed by atoms with Crippen LogP contribution in [0.3, 0.4) is 0 Å². The lowest BCUT2D eigenvalue weighted by Crippen LogP contribution is -2.39. The van der Waals surface area contributed by atoms with E-state index in [0.717, 1.165) is 18.8 Å². The van der Waals surface area contributed by atoms with E-state index in [4.69, 9.17) is 0 Å². The van der Waals surface area contributed by atoms with Crippen LogP contribution in [0.15, 0.2) is 24.3 Å². The summed E-state index contributed by atoms with van der Waals surface area (Å²) >= 11 is 0. The number of anilines is 1. The first-order chi connectivity index (χ1) is 10.8. The van der Waals surface area contributed by atoms with Crippen LogP contribution in [0.2, 0.25) is 0 Å². The summed E-state index contributed by atoms with van der Waals surface area (Å²) in [7, 11) is 0.798. The maximum Gasteiger partial charge on any atom is 0.213 e. The molecule has 1 aromatic carbocycles. The van der Waals surface area contributed by atoms with Crippen molar-refractivity contribution in [3.05, 3.63) is 29.8 Å². The van der Waals surface area contributed by atoms with Crippen LogP contribution < -0.4 is 9.62 Å². The van der Waals surface area contributed by atoms with Gasteiger partial charge in [0.25, 0.3) is 0 Å². The molecule has 0 spiro atoms. The Balaban J connectivity index is 2.17. The fraction of sp³-hybridized carbons (Fsp3) is 0.647. The van der Waals surface area contributed by atoms with Crippen molar-refractivity contribution in [2.75, 3.05) is 38.6 Å². The first kappa shape index (κ1) is 18.2. The molecular weight excluding hydrogens is 310 g/mol. The van der Waals surface area contributed by atoms with Crippen LogP contribution in [-0.4, -0.2) is 52.3 Å². The summed E-state index contributed by atoms with van der Waals surface area (Å²) < 4.78 is 27.0. The Bertz CT molecular complexity index is 591. The fourth-order valence-electron chi connectivity index (χ4n) is 2.87. The molecule has 6 heteroatoms. The van der Waals surface area contributed by atoms with Crippen LogP contribution in [-0.2, 0) is 10.0 Å². The van der Waals surface area contributed by atoms with Crippen molar-refractivity contribution in [3.8, 4) is 0 Å². The minimum atomic E-state index is -3.24. The fourth-order valence-corrected chi connectivity index (χ4v) is 3.59. The Labute approximate surface area is 140 Å². The summed E-state index contributed by atoms with van der Waals surface area (Å²) in [4.78, 5) is 4.45. The SMILES string of the molecule is CC(C)S(=O)(=O)NC[C@H](c1ccc(N(C)C)cc1)N1CCCC1. The Kier molecular flexibility index (Phi) is 6.06. The normalized spacial score (nSPS) is 17.6. The predicted molar refractivity (Wildman–Crippen MR) is 96.4 cm³/mol. The van der Waals surface area contributed by atoms with Crippen molar-refractivity contribution in [3.63, 3.8) is 0 Å². The first-order valence-electron chi connectivity index (χ1n) is 8.31. The lowest BCUT2D eigenvalue weighted by Gasteiger charge is -2.29. The molecule has 0 aliphatic carbocycles. The van der Waals surface area contributed by atoms with Gasteiger partial charge in [0.1, 0.15) is 0 Å². The molecule has 0 unspecified atom stereocenters. The van der Waals surface area contributed by atoms with Gasteiger partial charge in [-0.3, -0.25) is 4.90 Å². The van der Waals surface area contributed by atoms with Crippen LogP contribution in [0.25, 0.3) is 0 Å². The van der Waals surface area contributed by atoms with Crippen molar-refractivity contribution in [1.82, 2.24) is 9.62 Å². The summed E-state index contributed by atoms with van der Waals surface area (Å²) in [5.74, 6) is 0. The van der Waals surface area contributed by atoms with Crippen LogP contribution >= 0.6 is 0 Å². The van der Waals surface area contributed by atoms with E-state index in [1.807, 2.05) is 14.1 Å². The first-order valence-corrected chi connectivity index (χ1v) is 9.85. The van der Waals surface area contributed by atoms with Gasteiger partial charge in [0, 0.05) is 32.4 Å². The Morgan fingerprint density at radius 1 is 1.13 bits per heavy atom. The zero-order valence-corrected chi connectivity index (χ0v) is 15.4. The van der Waals surface area contributed by atoms with E-state index in [-0.39, 0.29) is 6.04 Å². The van der Waals surface area contributed by atoms with Crippen molar-refractivity contribution in [2.24, 2.45) is 0 Å². The molecule has 0 aromatic heterocycles. The van der Waals surface area contributed by atoms with Gasteiger partial charge in [-0.25, -0.2) is 13.1 Å². The number of sulfonamides is 1. The van der Waals surface area contributed by atoms with Crippen molar-refractivity contribution >= 4 is 15.7 Å². The highest BCUT2D eigenvalue weighted by atomic mass is 32.2. The maximum atomic E-state index is 12.1. The lowest BCUT2D eigenvalue weighted by molar-refractivity contribution is 0.246. The Morgan fingerprint density at radius 2 is 1.70 bits per heavy atom. The number of benzene rings is 1. The third-order valence-electron chi connectivity index (χ3n) is 4.47. The van der Waals surface area contributed by atoms with Gasteiger partial charge in [0.2, 0.25) is 10.0 Å². The maximum absolute atomic E-state index is 12.1. The summed E-state index contributed by atoms with van der Waals surface area (Å²) in [6.45, 7) is 5.91. The second-order valence-corrected chi connectivity index (χ2v) is 9.01. The van der Waals surface area contributed by atoms with E-state index in [1.165, 1.54) is 18.4 Å². The molecule has 0 saturated carbocycles. The molecular formula is C17H29N3O2S. The molecule has 1 aliphatic rings. The van der Waals surface area contributed by atoms with E-state index >= 15 is 0 Å². The molecule has 0 amide bonds. The van der Waals surface area contributed by atoms with Crippen LogP contribution in [0.5, 0.6) is 0 Å². The summed E-state index contributed by atoms with van der Waals surface area (Å²) in [5, 5.41) is -0.405. The van der Waals surface area contributed by atoms with E-state index in [9.17, 15) is 8.42 Å². The molecule has 1 saturated heterocycles. The number of likely N-dealkylation sites (tertiary alicyclic amines) is 1. The smallest absolute Gasteiger partial charge is 0.213 e. The summed E-state index contributed by atoms with van der Waals surface area (Å²) in [6, 6.07) is 8.51. The summed E-state index contributed by atoms with van der Waals surface area (Å²) in [5.41, 5.74) is 2.32. The number of nitrogens with zero attached hydrogens (tertiary/aromatic N) is 2. The molecule has 1 heterocycles. The van der Waals surface area contributed by atoms with E-state index in [2.05, 4.69) is 38.8 Å². The highest BCUT2D eigenvalue weighted by Crippen LogP contribution is 2.26. The third-order valence-corrected chi connectivity index (χ3v) is 6.28. The van der Waals surface area contributed by atoms with Gasteiger partial charge < -0.3 is 4.90 Å². The van der Waals surface area contributed by atoms with Gasteiger partial charge in [-0.1, -0.05) is 12.1 Å². The van der Waals surface area contributed by atoms with Crippen molar-refractivity contribution in [2.45, 2.75) is 38.0 Å². The second kappa shape index (κ2) is 7.64. The quantitative estimate of drug-likeness (QED) is 0.828. The molecule has 1 aromatic rings. The monoisotopic (exact) mass is 339 g/mol. The van der Waals surface area contributed by atoms with Crippen molar-refractivity contribution < 1.29 is 8.42 Å². The van der Waals surface area contributed by atoms with E-state index in [0.29, 0.717) is 6.54 Å². The Hall–Kier alpha value is -1.11. The van der Waals surface area contributed by atoms with Crippen LogP contribution in [0, 0.1) is 0 Å². The van der Waals surface area contributed by atoms with Gasteiger partial charge in [0.05, 0.1) is 5.25 Å². The average molecular weight is 340 g/mol. The minimum Gasteiger partial charge on any atom is -0.378 e. The van der Waals surface area contributed by atoms with Crippen LogP contribution in [0.1, 0.15) is 38.3 Å². The largest absolute Gasteiger partial charge is 0.378 e. The van der Waals surface area contributed by atoms with Gasteiger partial charge in [-0.2, -0.15) is 0 Å². The molecule has 5 nitrogen and oxygen atoms in total. The molecule has 0 bridgehead atoms. The second-order valence-electron chi connectivity index (χ2n) is 6.69. The van der Waals surface area contributed by atoms with Gasteiger partial charge >= 0.3 is 0 Å². The average Bonchev–Trinajstić information content (AvgIpc) is 3.02. The van der Waals surface area contributed by atoms with Crippen LogP contribution in [0.4, 0.5) is 5.69 Å². The molecule has 1 aliphatic heterocycles. The standard InChI is InChI=1S/C17H29N3O2S/c1-14(2)23(21,22)18-13-17(20-11-5-6-12-20)15-7-9-16(10-8-15)19(3)4/h7-10,14,17-18H,5-6,11-13H2,1-4H3/t17-/m1/s1. The minimum absolute atomic E-state index is 0.0993. The zero-order valence-electron chi connectivity index (χ0n) is 14.6. The molecule has 23 heavy (non-hydrogen) atoms. The van der Waals surface area contributed by atoms with Gasteiger partial charge in [0.15, 0.2) is 0 Å². The molecule has 1 fully saturated rings. The number of hydrogen-bond donors (Lipinski definition) is 1. The number of hydrogen-bond acceptors (Lipinski definition) is 4. The van der Waals surface area contributed by atoms with Gasteiger partial charge in [-0.15, -0.1) is 0 Å². The molecule has 1 atom stereocenters. The van der Waals surface area contributed by atoms with E-state index < -0.39 is 15.3 Å². The molecule has 1 N–H and O–H groups in total. The predicted octanol–water partition coefficient (Wildman–Crippen LogP) is 2.22. The van der Waals surface area contributed by atoms with Crippen molar-refractivity contribution in [1.29, 1.82) is 0 Å². The molecule has 2 rings (SSSR count). The molecule has 130 valence electrons. The number of rotatable bonds is 7. The molecule has 0 radical (unpaired) electrons. The lowest BCUT2D eigenvalue weighted by atomic mass is 10.1. The topological polar surface area (TPSA) is 52.7 Å². The van der Waals surface area contributed by atoms with Gasteiger partial charge in [-0.05, 0) is 57.5 Å². The highest BCUT2D eigenvalue weighted by Gasteiger charge is 2.26. The van der Waals surface area contributed by atoms with E-state index in [1.54, 1.807) is 13.8 Å². The zero-order chi connectivity index (χ0) is 17.0.